The van der Waals surface area contributed by atoms with E-state index in [2.05, 4.69) is 26.2 Å². The molecule has 0 saturated heterocycles. The minimum atomic E-state index is 0.529. The second-order valence-corrected chi connectivity index (χ2v) is 4.74. The summed E-state index contributed by atoms with van der Waals surface area (Å²) in [7, 11) is 0. The van der Waals surface area contributed by atoms with Gasteiger partial charge in [0.2, 0.25) is 0 Å². The number of ether oxygens (including phenoxy) is 1. The van der Waals surface area contributed by atoms with Gasteiger partial charge in [-0.3, -0.25) is 0 Å². The van der Waals surface area contributed by atoms with Gasteiger partial charge >= 0.3 is 0 Å². The highest BCUT2D eigenvalue weighted by Gasteiger charge is 1.97. The molecule has 0 aliphatic rings. The van der Waals surface area contributed by atoms with Gasteiger partial charge in [0.05, 0.1) is 0 Å². The van der Waals surface area contributed by atoms with Gasteiger partial charge in [0.25, 0.3) is 0 Å². The SMILES string of the molecule is CCNc1ccc(COc2ccc(Br)cc2)cn1. The molecule has 1 aromatic carbocycles. The number of nitrogens with zero attached hydrogens (tertiary/aromatic N) is 1. The lowest BCUT2D eigenvalue weighted by Gasteiger charge is -2.07. The zero-order valence-electron chi connectivity index (χ0n) is 10.2. The molecule has 3 nitrogen and oxygen atoms in total. The van der Waals surface area contributed by atoms with Crippen LogP contribution in [0.4, 0.5) is 5.82 Å². The van der Waals surface area contributed by atoms with E-state index in [1.807, 2.05) is 49.5 Å². The van der Waals surface area contributed by atoms with Gasteiger partial charge in [-0.2, -0.15) is 0 Å². The first kappa shape index (κ1) is 12.9. The van der Waals surface area contributed by atoms with E-state index in [-0.39, 0.29) is 0 Å². The fourth-order valence-corrected chi connectivity index (χ4v) is 1.76. The van der Waals surface area contributed by atoms with Gasteiger partial charge < -0.3 is 10.1 Å². The largest absolute Gasteiger partial charge is 0.489 e. The van der Waals surface area contributed by atoms with E-state index in [1.54, 1.807) is 0 Å². The third-order valence-electron chi connectivity index (χ3n) is 2.40. The normalized spacial score (nSPS) is 10.1. The molecule has 2 aromatic rings. The van der Waals surface area contributed by atoms with E-state index >= 15 is 0 Å². The van der Waals surface area contributed by atoms with E-state index in [0.717, 1.165) is 28.1 Å². The molecule has 1 N–H and O–H groups in total. The molecule has 0 radical (unpaired) electrons. The number of anilines is 1. The first-order valence-corrected chi connectivity index (χ1v) is 6.64. The Bertz CT molecular complexity index is 482. The van der Waals surface area contributed by atoms with Crippen LogP contribution in [-0.4, -0.2) is 11.5 Å². The van der Waals surface area contributed by atoms with Crippen LogP contribution < -0.4 is 10.1 Å². The molecular weight excluding hydrogens is 292 g/mol. The maximum absolute atomic E-state index is 5.67. The summed E-state index contributed by atoms with van der Waals surface area (Å²) in [5, 5.41) is 3.16. The lowest BCUT2D eigenvalue weighted by molar-refractivity contribution is 0.306. The molecule has 0 aliphatic carbocycles. The van der Waals surface area contributed by atoms with Gasteiger partial charge in [-0.15, -0.1) is 0 Å². The Morgan fingerprint density at radius 2 is 1.94 bits per heavy atom. The monoisotopic (exact) mass is 306 g/mol. The molecule has 94 valence electrons. The second-order valence-electron chi connectivity index (χ2n) is 3.82. The lowest BCUT2D eigenvalue weighted by Crippen LogP contribution is -2.00. The lowest BCUT2D eigenvalue weighted by atomic mass is 10.3. The van der Waals surface area contributed by atoms with Crippen LogP contribution in [0.2, 0.25) is 0 Å². The molecule has 0 fully saturated rings. The van der Waals surface area contributed by atoms with Gasteiger partial charge in [-0.05, 0) is 37.3 Å². The Kier molecular flexibility index (Phi) is 4.59. The highest BCUT2D eigenvalue weighted by Crippen LogP contribution is 2.17. The fraction of sp³-hybridized carbons (Fsp3) is 0.214. The number of pyridine rings is 1. The maximum Gasteiger partial charge on any atom is 0.125 e. The Morgan fingerprint density at radius 3 is 2.56 bits per heavy atom. The van der Waals surface area contributed by atoms with Crippen LogP contribution in [0.25, 0.3) is 0 Å². The summed E-state index contributed by atoms with van der Waals surface area (Å²) in [5.74, 6) is 1.75. The van der Waals surface area contributed by atoms with E-state index in [4.69, 9.17) is 4.74 Å². The second kappa shape index (κ2) is 6.40. The average Bonchev–Trinajstić information content (AvgIpc) is 2.40. The molecule has 0 amide bonds. The van der Waals surface area contributed by atoms with Crippen molar-refractivity contribution in [3.05, 3.63) is 52.6 Å². The fourth-order valence-electron chi connectivity index (χ4n) is 1.49. The summed E-state index contributed by atoms with van der Waals surface area (Å²) < 4.78 is 6.71. The molecule has 0 saturated carbocycles. The van der Waals surface area contributed by atoms with Gasteiger partial charge in [-0.1, -0.05) is 22.0 Å². The summed E-state index contributed by atoms with van der Waals surface area (Å²) in [6.07, 6.45) is 1.83. The van der Waals surface area contributed by atoms with E-state index in [9.17, 15) is 0 Å². The summed E-state index contributed by atoms with van der Waals surface area (Å²) in [6.45, 7) is 3.45. The van der Waals surface area contributed by atoms with Gasteiger partial charge in [0.15, 0.2) is 0 Å². The topological polar surface area (TPSA) is 34.1 Å². The first-order valence-electron chi connectivity index (χ1n) is 5.85. The Balaban J connectivity index is 1.91. The third-order valence-corrected chi connectivity index (χ3v) is 2.93. The van der Waals surface area contributed by atoms with Crippen molar-refractivity contribution in [3.63, 3.8) is 0 Å². The number of nitrogens with one attached hydrogen (secondary N) is 1. The number of hydrogen-bond donors (Lipinski definition) is 1. The number of hydrogen-bond acceptors (Lipinski definition) is 3. The van der Waals surface area contributed by atoms with Crippen molar-refractivity contribution < 1.29 is 4.74 Å². The number of aromatic nitrogens is 1. The Labute approximate surface area is 115 Å². The van der Waals surface area contributed by atoms with Crippen LogP contribution in [-0.2, 0) is 6.61 Å². The van der Waals surface area contributed by atoms with E-state index < -0.39 is 0 Å². The van der Waals surface area contributed by atoms with Crippen LogP contribution in [0.15, 0.2) is 47.1 Å². The maximum atomic E-state index is 5.67. The molecule has 0 unspecified atom stereocenters. The summed E-state index contributed by atoms with van der Waals surface area (Å²) in [4.78, 5) is 4.30. The molecule has 4 heteroatoms. The van der Waals surface area contributed by atoms with Crippen molar-refractivity contribution in [3.8, 4) is 5.75 Å². The molecule has 0 atom stereocenters. The molecule has 1 heterocycles. The summed E-state index contributed by atoms with van der Waals surface area (Å²) >= 11 is 3.39. The van der Waals surface area contributed by atoms with Crippen molar-refractivity contribution in [1.29, 1.82) is 0 Å². The Hall–Kier alpha value is -1.55. The first-order chi connectivity index (χ1) is 8.78. The number of benzene rings is 1. The quantitative estimate of drug-likeness (QED) is 0.911. The highest BCUT2D eigenvalue weighted by molar-refractivity contribution is 9.10. The van der Waals surface area contributed by atoms with Crippen LogP contribution in [0, 0.1) is 0 Å². The van der Waals surface area contributed by atoms with E-state index in [0.29, 0.717) is 6.61 Å². The Morgan fingerprint density at radius 1 is 1.17 bits per heavy atom. The molecule has 2 rings (SSSR count). The van der Waals surface area contributed by atoms with Crippen LogP contribution in [0.1, 0.15) is 12.5 Å². The van der Waals surface area contributed by atoms with Crippen LogP contribution >= 0.6 is 15.9 Å². The predicted octanol–water partition coefficient (Wildman–Crippen LogP) is 3.85. The highest BCUT2D eigenvalue weighted by atomic mass is 79.9. The smallest absolute Gasteiger partial charge is 0.125 e. The molecular formula is C14H15BrN2O. The minimum Gasteiger partial charge on any atom is -0.489 e. The molecule has 0 bridgehead atoms. The molecule has 18 heavy (non-hydrogen) atoms. The zero-order valence-corrected chi connectivity index (χ0v) is 11.8. The van der Waals surface area contributed by atoms with Gasteiger partial charge in [0, 0.05) is 22.8 Å². The van der Waals surface area contributed by atoms with Crippen molar-refractivity contribution in [2.45, 2.75) is 13.5 Å². The molecule has 0 aliphatic heterocycles. The average molecular weight is 307 g/mol. The minimum absolute atomic E-state index is 0.529. The van der Waals surface area contributed by atoms with Crippen molar-refractivity contribution in [1.82, 2.24) is 4.98 Å². The summed E-state index contributed by atoms with van der Waals surface area (Å²) in [6, 6.07) is 11.8. The van der Waals surface area contributed by atoms with Gasteiger partial charge in [-0.25, -0.2) is 4.98 Å². The molecule has 1 aromatic heterocycles. The van der Waals surface area contributed by atoms with Crippen LogP contribution in [0.5, 0.6) is 5.75 Å². The molecule has 0 spiro atoms. The number of halogens is 1. The predicted molar refractivity (Wildman–Crippen MR) is 76.9 cm³/mol. The third kappa shape index (κ3) is 3.74. The standard InChI is InChI=1S/C14H15BrN2O/c1-2-16-14-8-3-11(9-17-14)10-18-13-6-4-12(15)5-7-13/h3-9H,2,10H2,1H3,(H,16,17). The van der Waals surface area contributed by atoms with Crippen molar-refractivity contribution >= 4 is 21.7 Å². The summed E-state index contributed by atoms with van der Waals surface area (Å²) in [5.41, 5.74) is 1.06. The van der Waals surface area contributed by atoms with E-state index in [1.165, 1.54) is 0 Å². The number of rotatable bonds is 5. The van der Waals surface area contributed by atoms with Crippen molar-refractivity contribution in [2.24, 2.45) is 0 Å². The van der Waals surface area contributed by atoms with Crippen LogP contribution in [0.3, 0.4) is 0 Å². The van der Waals surface area contributed by atoms with Gasteiger partial charge in [0.1, 0.15) is 18.2 Å². The zero-order chi connectivity index (χ0) is 12.8. The van der Waals surface area contributed by atoms with Crippen molar-refractivity contribution in [2.75, 3.05) is 11.9 Å².